The molecule has 0 saturated carbocycles. The van der Waals surface area contributed by atoms with Crippen LogP contribution in [-0.2, 0) is 9.05 Å². The van der Waals surface area contributed by atoms with Crippen molar-refractivity contribution in [2.75, 3.05) is 0 Å². The number of halogens is 1. The van der Waals surface area contributed by atoms with Gasteiger partial charge in [-0.1, -0.05) is 0 Å². The highest BCUT2D eigenvalue weighted by atomic mass is 35.7. The summed E-state index contributed by atoms with van der Waals surface area (Å²) in [6.45, 7) is 1.39. The first kappa shape index (κ1) is 12.6. The number of aldehydes is 1. The minimum Gasteiger partial charge on any atom is -0.298 e. The maximum atomic E-state index is 11.1. The Kier molecular flexibility index (Phi) is 3.30. The molecule has 0 unspecified atom stereocenters. The van der Waals surface area contributed by atoms with E-state index in [9.17, 15) is 23.3 Å². The molecule has 0 aliphatic carbocycles. The van der Waals surface area contributed by atoms with Crippen molar-refractivity contribution < 1.29 is 18.1 Å². The first-order chi connectivity index (χ1) is 7.27. The third-order valence-electron chi connectivity index (χ3n) is 1.93. The van der Waals surface area contributed by atoms with Gasteiger partial charge in [0.15, 0.2) is 6.29 Å². The summed E-state index contributed by atoms with van der Waals surface area (Å²) in [6, 6.07) is 1.87. The molecule has 6 nitrogen and oxygen atoms in total. The summed E-state index contributed by atoms with van der Waals surface area (Å²) in [4.78, 5) is 19.9. The van der Waals surface area contributed by atoms with E-state index in [1.54, 1.807) is 0 Å². The predicted molar refractivity (Wildman–Crippen MR) is 56.3 cm³/mol. The number of rotatable bonds is 3. The van der Waals surface area contributed by atoms with Crippen molar-refractivity contribution in [3.8, 4) is 0 Å². The van der Waals surface area contributed by atoms with Crippen LogP contribution in [0.2, 0.25) is 0 Å². The zero-order chi connectivity index (χ0) is 12.5. The van der Waals surface area contributed by atoms with Crippen LogP contribution in [0, 0.1) is 17.0 Å². The molecule has 0 aliphatic heterocycles. The highest BCUT2D eigenvalue weighted by Crippen LogP contribution is 2.27. The summed E-state index contributed by atoms with van der Waals surface area (Å²) >= 11 is 0. The van der Waals surface area contributed by atoms with E-state index in [1.165, 1.54) is 6.92 Å². The number of nitro groups is 1. The van der Waals surface area contributed by atoms with Gasteiger partial charge >= 0.3 is 0 Å². The Hall–Kier alpha value is -1.47. The third kappa shape index (κ3) is 2.37. The van der Waals surface area contributed by atoms with Crippen LogP contribution in [0.15, 0.2) is 17.0 Å². The number of carbonyl (C=O) groups is 1. The number of benzene rings is 1. The fourth-order valence-corrected chi connectivity index (χ4v) is 2.32. The minimum atomic E-state index is -4.19. The normalized spacial score (nSPS) is 11.1. The number of hydrogen-bond acceptors (Lipinski definition) is 5. The Bertz CT molecular complexity index is 566. The predicted octanol–water partition coefficient (Wildman–Crippen LogP) is 1.64. The molecule has 0 aromatic heterocycles. The zero-order valence-corrected chi connectivity index (χ0v) is 9.58. The molecular formula is C8H6ClNO5S. The van der Waals surface area contributed by atoms with Crippen LogP contribution in [0.4, 0.5) is 5.69 Å². The smallest absolute Gasteiger partial charge is 0.271 e. The number of carbonyl (C=O) groups excluding carboxylic acids is 1. The minimum absolute atomic E-state index is 0.166. The molecule has 1 aromatic carbocycles. The summed E-state index contributed by atoms with van der Waals surface area (Å²) < 4.78 is 22.2. The second-order valence-corrected chi connectivity index (χ2v) is 5.52. The van der Waals surface area contributed by atoms with Crippen LogP contribution in [0.25, 0.3) is 0 Å². The lowest BCUT2D eigenvalue weighted by atomic mass is 10.1. The Labute approximate surface area is 95.4 Å². The molecule has 0 aliphatic rings. The van der Waals surface area contributed by atoms with Crippen molar-refractivity contribution in [2.24, 2.45) is 0 Å². The van der Waals surface area contributed by atoms with E-state index in [2.05, 4.69) is 0 Å². The monoisotopic (exact) mass is 263 g/mol. The second kappa shape index (κ2) is 4.18. The number of hydrogen-bond donors (Lipinski definition) is 0. The number of non-ortho nitro benzene ring substituents is 1. The first-order valence-electron chi connectivity index (χ1n) is 3.96. The van der Waals surface area contributed by atoms with Gasteiger partial charge in [-0.3, -0.25) is 14.9 Å². The van der Waals surface area contributed by atoms with Crippen molar-refractivity contribution in [3.05, 3.63) is 33.4 Å². The molecule has 0 atom stereocenters. The first-order valence-corrected chi connectivity index (χ1v) is 6.27. The van der Waals surface area contributed by atoms with Crippen molar-refractivity contribution in [1.29, 1.82) is 0 Å². The number of nitro benzene ring substituents is 1. The molecule has 0 spiro atoms. The van der Waals surface area contributed by atoms with Crippen LogP contribution >= 0.6 is 10.7 Å². The van der Waals surface area contributed by atoms with Gasteiger partial charge in [0.05, 0.1) is 9.82 Å². The van der Waals surface area contributed by atoms with Gasteiger partial charge in [0.2, 0.25) is 0 Å². The average Bonchev–Trinajstić information content (AvgIpc) is 2.14. The molecule has 1 rings (SSSR count). The molecule has 1 aromatic rings. The average molecular weight is 264 g/mol. The Morgan fingerprint density at radius 2 is 2.00 bits per heavy atom. The Morgan fingerprint density at radius 3 is 2.38 bits per heavy atom. The zero-order valence-electron chi connectivity index (χ0n) is 8.01. The van der Waals surface area contributed by atoms with E-state index in [-0.39, 0.29) is 11.1 Å². The van der Waals surface area contributed by atoms with Gasteiger partial charge in [-0.25, -0.2) is 8.42 Å². The highest BCUT2D eigenvalue weighted by molar-refractivity contribution is 8.13. The summed E-state index contributed by atoms with van der Waals surface area (Å²) in [5, 5.41) is 10.5. The van der Waals surface area contributed by atoms with Crippen molar-refractivity contribution >= 4 is 31.7 Å². The molecular weight excluding hydrogens is 258 g/mol. The molecule has 0 saturated heterocycles. The van der Waals surface area contributed by atoms with Crippen LogP contribution in [-0.4, -0.2) is 19.6 Å². The van der Waals surface area contributed by atoms with E-state index in [1.807, 2.05) is 0 Å². The van der Waals surface area contributed by atoms with Gasteiger partial charge < -0.3 is 0 Å². The van der Waals surface area contributed by atoms with Gasteiger partial charge in [-0.2, -0.15) is 0 Å². The molecule has 0 N–H and O–H groups in total. The van der Waals surface area contributed by atoms with Crippen LogP contribution in [0.3, 0.4) is 0 Å². The topological polar surface area (TPSA) is 94.3 Å². The molecule has 0 radical (unpaired) electrons. The van der Waals surface area contributed by atoms with E-state index in [0.717, 1.165) is 12.1 Å². The Morgan fingerprint density at radius 1 is 1.44 bits per heavy atom. The van der Waals surface area contributed by atoms with Crippen molar-refractivity contribution in [3.63, 3.8) is 0 Å². The summed E-state index contributed by atoms with van der Waals surface area (Å²) in [7, 11) is 0.894. The van der Waals surface area contributed by atoms with Gasteiger partial charge in [0, 0.05) is 28.4 Å². The molecule has 16 heavy (non-hydrogen) atoms. The number of nitrogens with zero attached hydrogens (tertiary/aromatic N) is 1. The van der Waals surface area contributed by atoms with Crippen molar-refractivity contribution in [2.45, 2.75) is 11.8 Å². The highest BCUT2D eigenvalue weighted by Gasteiger charge is 2.22. The fraction of sp³-hybridized carbons (Fsp3) is 0.125. The maximum Gasteiger partial charge on any atom is 0.271 e. The molecule has 0 heterocycles. The maximum absolute atomic E-state index is 11.1. The lowest BCUT2D eigenvalue weighted by molar-refractivity contribution is -0.385. The largest absolute Gasteiger partial charge is 0.298 e. The molecule has 8 heteroatoms. The van der Waals surface area contributed by atoms with E-state index < -0.39 is 24.6 Å². The quantitative estimate of drug-likeness (QED) is 0.358. The molecule has 0 fully saturated rings. The Balaban J connectivity index is 3.69. The summed E-state index contributed by atoms with van der Waals surface area (Å²) in [5.74, 6) is 0. The SMILES string of the molecule is Cc1cc([N+](=O)[O-])cc(S(=O)(=O)Cl)c1C=O. The lowest BCUT2D eigenvalue weighted by Crippen LogP contribution is -2.02. The van der Waals surface area contributed by atoms with Crippen LogP contribution < -0.4 is 0 Å². The molecule has 0 amide bonds. The van der Waals surface area contributed by atoms with E-state index in [0.29, 0.717) is 6.29 Å². The molecule has 0 bridgehead atoms. The van der Waals surface area contributed by atoms with Crippen LogP contribution in [0.5, 0.6) is 0 Å². The van der Waals surface area contributed by atoms with Gasteiger partial charge in [0.25, 0.3) is 14.7 Å². The second-order valence-electron chi connectivity index (χ2n) is 2.99. The summed E-state index contributed by atoms with van der Waals surface area (Å²) in [5.41, 5.74) is -0.411. The van der Waals surface area contributed by atoms with Gasteiger partial charge in [0.1, 0.15) is 0 Å². The fourth-order valence-electron chi connectivity index (χ4n) is 1.21. The van der Waals surface area contributed by atoms with Crippen LogP contribution in [0.1, 0.15) is 15.9 Å². The third-order valence-corrected chi connectivity index (χ3v) is 3.29. The standard InChI is InChI=1S/C8H6ClNO5S/c1-5-2-6(10(12)13)3-8(7(5)4-11)16(9,14)15/h2-4H,1H3. The summed E-state index contributed by atoms with van der Waals surface area (Å²) in [6.07, 6.45) is 0.300. The molecule has 86 valence electrons. The van der Waals surface area contributed by atoms with E-state index >= 15 is 0 Å². The van der Waals surface area contributed by atoms with Gasteiger partial charge in [-0.05, 0) is 12.5 Å². The lowest BCUT2D eigenvalue weighted by Gasteiger charge is -2.04. The van der Waals surface area contributed by atoms with E-state index in [4.69, 9.17) is 10.7 Å². The number of aryl methyl sites for hydroxylation is 1. The van der Waals surface area contributed by atoms with Gasteiger partial charge in [-0.15, -0.1) is 0 Å². The van der Waals surface area contributed by atoms with Crippen molar-refractivity contribution in [1.82, 2.24) is 0 Å².